The fraction of sp³-hybridized carbons (Fsp3) is 0.0370. The zero-order valence-electron chi connectivity index (χ0n) is 30.0. The van der Waals surface area contributed by atoms with Crippen LogP contribution in [0.1, 0.15) is 44.5 Å². The molecule has 0 unspecified atom stereocenters. The summed E-state index contributed by atoms with van der Waals surface area (Å²) < 4.78 is 7.02. The lowest BCUT2D eigenvalue weighted by Gasteiger charge is -2.40. The molecule has 0 saturated heterocycles. The van der Waals surface area contributed by atoms with Gasteiger partial charge in [0.25, 0.3) is 0 Å². The minimum absolute atomic E-state index is 0.521. The summed E-state index contributed by atoms with van der Waals surface area (Å²) in [7, 11) is 0. The molecule has 2 aliphatic carbocycles. The Labute approximate surface area is 320 Å². The van der Waals surface area contributed by atoms with E-state index in [1.54, 1.807) is 0 Å². The maximum absolute atomic E-state index is 7.02. The lowest BCUT2D eigenvalue weighted by atomic mass is 9.64. The van der Waals surface area contributed by atoms with Gasteiger partial charge in [0, 0.05) is 11.1 Å². The van der Waals surface area contributed by atoms with E-state index in [0.29, 0.717) is 0 Å². The number of hydrogen-bond acceptors (Lipinski definition) is 1. The highest BCUT2D eigenvalue weighted by Gasteiger charge is 2.52. The predicted molar refractivity (Wildman–Crippen MR) is 224 cm³/mol. The third-order valence-electron chi connectivity index (χ3n) is 12.6. The molecule has 0 bridgehead atoms. The molecule has 0 atom stereocenters. The van der Waals surface area contributed by atoms with Crippen molar-refractivity contribution in [2.45, 2.75) is 10.8 Å². The zero-order valence-corrected chi connectivity index (χ0v) is 30.0. The van der Waals surface area contributed by atoms with Crippen LogP contribution in [0, 0.1) is 0 Å². The van der Waals surface area contributed by atoms with Crippen molar-refractivity contribution < 1.29 is 4.74 Å². The third kappa shape index (κ3) is 3.92. The summed E-state index contributed by atoms with van der Waals surface area (Å²) in [6.45, 7) is 0. The normalized spacial score (nSPS) is 14.6. The van der Waals surface area contributed by atoms with E-state index in [1.165, 1.54) is 88.7 Å². The second kappa shape index (κ2) is 11.3. The number of rotatable bonds is 3. The first-order valence-corrected chi connectivity index (χ1v) is 19.2. The second-order valence-electron chi connectivity index (χ2n) is 15.1. The van der Waals surface area contributed by atoms with Crippen molar-refractivity contribution in [2.24, 2.45) is 0 Å². The maximum Gasteiger partial charge on any atom is 0.132 e. The molecule has 256 valence electrons. The Morgan fingerprint density at radius 3 is 1.40 bits per heavy atom. The Balaban J connectivity index is 1.19. The minimum atomic E-state index is -0.576. The van der Waals surface area contributed by atoms with Gasteiger partial charge in [-0.15, -0.1) is 0 Å². The van der Waals surface area contributed by atoms with Gasteiger partial charge in [0.2, 0.25) is 0 Å². The molecule has 1 heteroatoms. The van der Waals surface area contributed by atoms with Crippen molar-refractivity contribution in [1.82, 2.24) is 0 Å². The van der Waals surface area contributed by atoms with Crippen LogP contribution in [0.4, 0.5) is 0 Å². The van der Waals surface area contributed by atoms with Gasteiger partial charge in [-0.3, -0.25) is 0 Å². The SMILES string of the molecule is c1ccc(C2(c3ccccc3)c3ccccc3-c3cccc(-c4ccc5c(c4)C4(c6cc7ccccc7cc6O5)c5ccccc5-c5ccccc54)c32)cc1. The van der Waals surface area contributed by atoms with E-state index in [1.807, 2.05) is 0 Å². The van der Waals surface area contributed by atoms with E-state index in [0.717, 1.165) is 11.5 Å². The van der Waals surface area contributed by atoms with Gasteiger partial charge in [0.05, 0.1) is 10.8 Å². The lowest BCUT2D eigenvalue weighted by molar-refractivity contribution is 0.437. The van der Waals surface area contributed by atoms with Crippen LogP contribution >= 0.6 is 0 Å². The first-order valence-electron chi connectivity index (χ1n) is 19.2. The van der Waals surface area contributed by atoms with Gasteiger partial charge in [0.1, 0.15) is 11.5 Å². The molecule has 0 N–H and O–H groups in total. The topological polar surface area (TPSA) is 9.23 Å². The third-order valence-corrected chi connectivity index (χ3v) is 12.6. The average molecular weight is 699 g/mol. The molecule has 0 amide bonds. The molecule has 9 aromatic rings. The summed E-state index contributed by atoms with van der Waals surface area (Å²) in [6, 6.07) is 76.3. The second-order valence-corrected chi connectivity index (χ2v) is 15.1. The van der Waals surface area contributed by atoms with Crippen molar-refractivity contribution in [3.8, 4) is 44.9 Å². The number of hydrogen-bond donors (Lipinski definition) is 0. The van der Waals surface area contributed by atoms with Crippen LogP contribution in [0.3, 0.4) is 0 Å². The Morgan fingerprint density at radius 1 is 0.291 bits per heavy atom. The highest BCUT2D eigenvalue weighted by molar-refractivity contribution is 5.95. The van der Waals surface area contributed by atoms with Crippen molar-refractivity contribution >= 4 is 10.8 Å². The molecule has 0 aromatic heterocycles. The fourth-order valence-electron chi connectivity index (χ4n) is 10.5. The van der Waals surface area contributed by atoms with Crippen LogP contribution in [0.2, 0.25) is 0 Å². The Kier molecular flexibility index (Phi) is 6.25. The molecule has 1 aliphatic heterocycles. The van der Waals surface area contributed by atoms with Crippen molar-refractivity contribution in [1.29, 1.82) is 0 Å². The van der Waals surface area contributed by atoms with E-state index in [2.05, 4.69) is 206 Å². The van der Waals surface area contributed by atoms with Crippen LogP contribution < -0.4 is 4.74 Å². The van der Waals surface area contributed by atoms with E-state index >= 15 is 0 Å². The highest BCUT2D eigenvalue weighted by atomic mass is 16.5. The highest BCUT2D eigenvalue weighted by Crippen LogP contribution is 2.64. The Hall–Kier alpha value is -6.96. The van der Waals surface area contributed by atoms with Gasteiger partial charge in [-0.25, -0.2) is 0 Å². The maximum atomic E-state index is 7.02. The van der Waals surface area contributed by atoms with Crippen LogP contribution in [-0.2, 0) is 10.8 Å². The zero-order chi connectivity index (χ0) is 36.1. The molecule has 1 nitrogen and oxygen atoms in total. The molecular formula is C54H34O. The molecule has 0 radical (unpaired) electrons. The summed E-state index contributed by atoms with van der Waals surface area (Å²) in [5.41, 5.74) is 16.5. The molecule has 0 fully saturated rings. The largest absolute Gasteiger partial charge is 0.457 e. The van der Waals surface area contributed by atoms with Gasteiger partial charge in [-0.05, 0) is 102 Å². The van der Waals surface area contributed by atoms with Crippen molar-refractivity contribution in [2.75, 3.05) is 0 Å². The summed E-state index contributed by atoms with van der Waals surface area (Å²) in [4.78, 5) is 0. The molecule has 0 saturated carbocycles. The van der Waals surface area contributed by atoms with Crippen LogP contribution in [0.25, 0.3) is 44.2 Å². The van der Waals surface area contributed by atoms with Crippen molar-refractivity contribution in [3.63, 3.8) is 0 Å². The van der Waals surface area contributed by atoms with Gasteiger partial charge >= 0.3 is 0 Å². The first kappa shape index (κ1) is 30.5. The number of ether oxygens (including phenoxy) is 1. The van der Waals surface area contributed by atoms with Gasteiger partial charge in [-0.1, -0.05) is 182 Å². The number of benzene rings is 9. The molecule has 3 aliphatic rings. The first-order chi connectivity index (χ1) is 27.3. The van der Waals surface area contributed by atoms with E-state index in [4.69, 9.17) is 4.74 Å². The van der Waals surface area contributed by atoms with E-state index in [9.17, 15) is 0 Å². The van der Waals surface area contributed by atoms with Gasteiger partial charge < -0.3 is 4.74 Å². The fourth-order valence-corrected chi connectivity index (χ4v) is 10.5. The standard InChI is InChI=1S/C54H34O/c1-3-18-38(19-4-1)53(39-20-5-2-6-21-39)45-27-12-11-24-43(45)44-26-15-25-40(52(44)53)37-30-31-50-48(33-37)54(49-32-35-16-7-8-17-36(35)34-51(49)55-50)46-28-13-9-22-41(46)42-23-10-14-29-47(42)54/h1-34H. The summed E-state index contributed by atoms with van der Waals surface area (Å²) in [6.07, 6.45) is 0. The predicted octanol–water partition coefficient (Wildman–Crippen LogP) is 13.3. The molecular weight excluding hydrogens is 665 g/mol. The lowest BCUT2D eigenvalue weighted by Crippen LogP contribution is -2.32. The van der Waals surface area contributed by atoms with E-state index in [-0.39, 0.29) is 0 Å². The summed E-state index contributed by atoms with van der Waals surface area (Å²) >= 11 is 0. The van der Waals surface area contributed by atoms with Crippen LogP contribution in [0.5, 0.6) is 11.5 Å². The minimum Gasteiger partial charge on any atom is -0.457 e. The van der Waals surface area contributed by atoms with Crippen LogP contribution in [0.15, 0.2) is 206 Å². The van der Waals surface area contributed by atoms with Crippen molar-refractivity contribution in [3.05, 3.63) is 251 Å². The quantitative estimate of drug-likeness (QED) is 0.178. The van der Waals surface area contributed by atoms with Gasteiger partial charge in [-0.2, -0.15) is 0 Å². The molecule has 1 heterocycles. The molecule has 55 heavy (non-hydrogen) atoms. The smallest absolute Gasteiger partial charge is 0.132 e. The summed E-state index contributed by atoms with van der Waals surface area (Å²) in [5, 5.41) is 2.38. The molecule has 9 aromatic carbocycles. The van der Waals surface area contributed by atoms with E-state index < -0.39 is 10.8 Å². The number of fused-ring (bicyclic) bond motifs is 13. The monoisotopic (exact) mass is 698 g/mol. The molecule has 1 spiro atoms. The Morgan fingerprint density at radius 2 is 0.764 bits per heavy atom. The average Bonchev–Trinajstić information content (AvgIpc) is 3.73. The van der Waals surface area contributed by atoms with Crippen LogP contribution in [-0.4, -0.2) is 0 Å². The summed E-state index contributed by atoms with van der Waals surface area (Å²) in [5.74, 6) is 1.81. The van der Waals surface area contributed by atoms with Gasteiger partial charge in [0.15, 0.2) is 0 Å². The molecule has 12 rings (SSSR count). The Bertz CT molecular complexity index is 2930.